The van der Waals surface area contributed by atoms with Crippen LogP contribution in [0.5, 0.6) is 5.88 Å². The molecule has 176 valence electrons. The number of nitrogens with two attached hydrogens (primary N) is 1. The van der Waals surface area contributed by atoms with Gasteiger partial charge in [-0.05, 0) is 25.1 Å². The fraction of sp³-hybridized carbons (Fsp3) is 0.400. The maximum atomic E-state index is 14.9. The van der Waals surface area contributed by atoms with Gasteiger partial charge in [0.25, 0.3) is 5.91 Å². The number of ether oxygens (including phenoxy) is 2. The first-order chi connectivity index (χ1) is 16.3. The lowest BCUT2D eigenvalue weighted by molar-refractivity contribution is -0.215. The molecule has 0 unspecified atom stereocenters. The molecule has 33 heavy (non-hydrogen) atoms. The molecule has 8 nitrogen and oxygen atoms in total. The number of amidine groups is 1. The molecule has 0 radical (unpaired) electrons. The van der Waals surface area contributed by atoms with Crippen LogP contribution in [0.2, 0.25) is 0 Å². The van der Waals surface area contributed by atoms with Gasteiger partial charge in [-0.1, -0.05) is 11.8 Å². The second-order valence-electron chi connectivity index (χ2n) is 7.26. The zero-order valence-electron chi connectivity index (χ0n) is 19.0. The molecule has 1 aromatic carbocycles. The Labute approximate surface area is 192 Å². The predicted octanol–water partition coefficient (Wildman–Crippen LogP) is 3.10. The molecule has 2 aliphatic heterocycles. The molecule has 13 heteroatoms. The summed E-state index contributed by atoms with van der Waals surface area (Å²) in [5.74, 6) is -3.01. The second-order valence-corrected chi connectivity index (χ2v) is 8.30. The lowest BCUT2D eigenvalue weighted by atomic mass is 9.78. The summed E-state index contributed by atoms with van der Waals surface area (Å²) in [7, 11) is 0. The molecule has 1 amide bonds. The molecule has 0 bridgehead atoms. The van der Waals surface area contributed by atoms with Gasteiger partial charge in [-0.3, -0.25) is 4.79 Å². The summed E-state index contributed by atoms with van der Waals surface area (Å²) in [6.45, 7) is -1.37. The Bertz CT molecular complexity index is 1160. The number of halogens is 4. The summed E-state index contributed by atoms with van der Waals surface area (Å²) < 4.78 is 80.3. The maximum absolute atomic E-state index is 14.9. The van der Waals surface area contributed by atoms with Crippen molar-refractivity contribution < 1.29 is 34.6 Å². The van der Waals surface area contributed by atoms with Crippen LogP contribution in [0.1, 0.15) is 25.7 Å². The fourth-order valence-electron chi connectivity index (χ4n) is 3.82. The molecule has 4 rings (SSSR count). The van der Waals surface area contributed by atoms with Crippen LogP contribution in [0.3, 0.4) is 0 Å². The van der Waals surface area contributed by atoms with Gasteiger partial charge in [0.05, 0.1) is 28.3 Å². The zero-order valence-corrected chi connectivity index (χ0v) is 17.8. The Morgan fingerprint density at radius 3 is 2.88 bits per heavy atom. The number of nitrogens with one attached hydrogen (secondary N) is 1. The minimum Gasteiger partial charge on any atom is -0.477 e. The van der Waals surface area contributed by atoms with Gasteiger partial charge in [0.2, 0.25) is 5.88 Å². The van der Waals surface area contributed by atoms with E-state index in [1.807, 2.05) is 0 Å². The van der Waals surface area contributed by atoms with Gasteiger partial charge < -0.3 is 20.5 Å². The van der Waals surface area contributed by atoms with Crippen LogP contribution >= 0.6 is 11.8 Å². The minimum absolute atomic E-state index is 0.00977. The van der Waals surface area contributed by atoms with Gasteiger partial charge in [0.15, 0.2) is 11.3 Å². The van der Waals surface area contributed by atoms with E-state index in [0.717, 1.165) is 30.2 Å². The number of anilines is 1. The molecule has 2 aliphatic rings. The number of carbonyl (C=O) groups is 1. The molecule has 3 heterocycles. The minimum atomic E-state index is -4.68. The van der Waals surface area contributed by atoms with E-state index in [-0.39, 0.29) is 33.7 Å². The number of nitrogens with zero attached hydrogens (tertiary/aromatic N) is 3. The number of hydrogen-bond donors (Lipinski definition) is 2. The molecule has 3 N–H and O–H groups in total. The van der Waals surface area contributed by atoms with Crippen LogP contribution in [0.25, 0.3) is 0 Å². The first-order valence-electron chi connectivity index (χ1n) is 10.6. The van der Waals surface area contributed by atoms with E-state index in [1.165, 1.54) is 19.1 Å². The number of rotatable bonds is 5. The highest BCUT2D eigenvalue weighted by molar-refractivity contribution is 8.13. The smallest absolute Gasteiger partial charge is 0.415 e. The molecular formula is C20H19F4N5O3S. The van der Waals surface area contributed by atoms with E-state index in [2.05, 4.69) is 20.3 Å². The van der Waals surface area contributed by atoms with Crippen LogP contribution < -0.4 is 15.8 Å². The van der Waals surface area contributed by atoms with Gasteiger partial charge in [-0.15, -0.1) is 0 Å². The quantitative estimate of drug-likeness (QED) is 0.624. The van der Waals surface area contributed by atoms with Gasteiger partial charge in [-0.25, -0.2) is 19.4 Å². The fourth-order valence-corrected chi connectivity index (χ4v) is 4.84. The lowest BCUT2D eigenvalue weighted by Crippen LogP contribution is -2.46. The molecule has 3 atom stereocenters. The average molecular weight is 487 g/mol. The van der Waals surface area contributed by atoms with Crippen molar-refractivity contribution in [2.24, 2.45) is 16.6 Å². The number of carbonyl (C=O) groups excluding carboxylic acids is 1. The molecule has 0 aliphatic carbocycles. The van der Waals surface area contributed by atoms with Crippen molar-refractivity contribution in [2.75, 3.05) is 24.2 Å². The summed E-state index contributed by atoms with van der Waals surface area (Å²) in [6, 6.07) is 3.45. The number of fused-ring (bicyclic) bond motifs is 1. The van der Waals surface area contributed by atoms with E-state index >= 15 is 0 Å². The second kappa shape index (κ2) is 8.78. The summed E-state index contributed by atoms with van der Waals surface area (Å²) >= 11 is 0.937. The van der Waals surface area contributed by atoms with Gasteiger partial charge in [0, 0.05) is 22.9 Å². The standard InChI is InChI=1S/C20H19F4N5O3S/c1-2-31-15-7-26-14(6-27-15)17(30)28-10-3-4-13(21)11(5-10)19-9-32-16(20(22,23)24)12(19)8-33-18(25)29-19/h3-7,12,16H,2,8-9H2,1H3,(H2,25,29)(H,28,30)/t12-,16+,19-/m1/s1/i2D2. The third kappa shape index (κ3) is 4.47. The van der Waals surface area contributed by atoms with Gasteiger partial charge in [0.1, 0.15) is 17.1 Å². The maximum Gasteiger partial charge on any atom is 0.415 e. The van der Waals surface area contributed by atoms with Gasteiger partial charge in [-0.2, -0.15) is 13.2 Å². The predicted molar refractivity (Wildman–Crippen MR) is 113 cm³/mol. The highest BCUT2D eigenvalue weighted by Crippen LogP contribution is 2.52. The van der Waals surface area contributed by atoms with Crippen LogP contribution in [0.4, 0.5) is 23.2 Å². The van der Waals surface area contributed by atoms with Crippen LogP contribution in [-0.2, 0) is 10.3 Å². The molecule has 0 saturated carbocycles. The van der Waals surface area contributed by atoms with Crippen LogP contribution in [0, 0.1) is 11.7 Å². The van der Waals surface area contributed by atoms with E-state index in [1.54, 1.807) is 0 Å². The van der Waals surface area contributed by atoms with Crippen molar-refractivity contribution in [3.8, 4) is 5.88 Å². The third-order valence-electron chi connectivity index (χ3n) is 5.26. The van der Waals surface area contributed by atoms with Crippen molar-refractivity contribution in [2.45, 2.75) is 24.7 Å². The Hall–Kier alpha value is -2.93. The van der Waals surface area contributed by atoms with Crippen molar-refractivity contribution in [3.05, 3.63) is 47.7 Å². The normalized spacial score (nSPS) is 26.0. The number of amides is 1. The summed E-state index contributed by atoms with van der Waals surface area (Å²) in [4.78, 5) is 24.5. The van der Waals surface area contributed by atoms with Crippen LogP contribution in [-0.4, -0.2) is 52.2 Å². The van der Waals surface area contributed by atoms with Gasteiger partial charge >= 0.3 is 6.18 Å². The molecule has 2 aromatic rings. The molecular weight excluding hydrogens is 466 g/mol. The third-order valence-corrected chi connectivity index (χ3v) is 6.18. The summed E-state index contributed by atoms with van der Waals surface area (Å²) in [5, 5.41) is 2.50. The molecule has 0 spiro atoms. The Morgan fingerprint density at radius 2 is 2.21 bits per heavy atom. The molecule has 1 fully saturated rings. The Morgan fingerprint density at radius 1 is 1.42 bits per heavy atom. The average Bonchev–Trinajstić information content (AvgIpc) is 3.14. The number of alkyl halides is 3. The first kappa shape index (κ1) is 20.7. The van der Waals surface area contributed by atoms with Crippen LogP contribution in [0.15, 0.2) is 35.6 Å². The van der Waals surface area contributed by atoms with Crippen molar-refractivity contribution in [1.29, 1.82) is 0 Å². The Kier molecular flexibility index (Phi) is 5.50. The van der Waals surface area contributed by atoms with E-state index in [9.17, 15) is 22.4 Å². The summed E-state index contributed by atoms with van der Waals surface area (Å²) in [5.41, 5.74) is 3.82. The first-order valence-corrected chi connectivity index (χ1v) is 10.6. The Balaban J connectivity index is 1.61. The number of thioether (sulfide) groups is 1. The largest absolute Gasteiger partial charge is 0.477 e. The topological polar surface area (TPSA) is 112 Å². The summed E-state index contributed by atoms with van der Waals surface area (Å²) in [6.07, 6.45) is -4.71. The monoisotopic (exact) mass is 487 g/mol. The lowest BCUT2D eigenvalue weighted by Gasteiger charge is -2.36. The van der Waals surface area contributed by atoms with Crippen molar-refractivity contribution in [1.82, 2.24) is 9.97 Å². The SMILES string of the molecule is [2H]C([2H])(C)Oc1cnc(C(=O)Nc2ccc(F)c([C@]34CO[C@H](C(F)(F)F)[C@H]3CSC(N)=N4)c2)cn1. The number of aliphatic imine (C=N–C) groups is 1. The zero-order chi connectivity index (χ0) is 25.6. The number of aromatic nitrogens is 2. The van der Waals surface area contributed by atoms with Crippen molar-refractivity contribution >= 4 is 28.5 Å². The van der Waals surface area contributed by atoms with E-state index in [4.69, 9.17) is 17.9 Å². The molecule has 1 aromatic heterocycles. The number of hydrogen-bond acceptors (Lipinski definition) is 8. The highest BCUT2D eigenvalue weighted by atomic mass is 32.2. The van der Waals surface area contributed by atoms with E-state index < -0.39 is 48.6 Å². The van der Waals surface area contributed by atoms with Crippen molar-refractivity contribution in [3.63, 3.8) is 0 Å². The van der Waals surface area contributed by atoms with E-state index in [0.29, 0.717) is 0 Å². The number of benzene rings is 1. The molecule has 1 saturated heterocycles. The highest BCUT2D eigenvalue weighted by Gasteiger charge is 2.62.